The van der Waals surface area contributed by atoms with Crippen molar-refractivity contribution in [2.24, 2.45) is 5.92 Å². The van der Waals surface area contributed by atoms with Crippen LogP contribution in [0.1, 0.15) is 60.8 Å². The number of hydrogen-bond acceptors (Lipinski definition) is 11. The summed E-state index contributed by atoms with van der Waals surface area (Å²) < 4.78 is 72.9. The quantitative estimate of drug-likeness (QED) is 0.149. The van der Waals surface area contributed by atoms with E-state index in [1.807, 2.05) is 24.3 Å². The van der Waals surface area contributed by atoms with Gasteiger partial charge in [-0.05, 0) is 68.0 Å². The Bertz CT molecular complexity index is 2120. The first kappa shape index (κ1) is 40.2. The van der Waals surface area contributed by atoms with Gasteiger partial charge in [0.1, 0.15) is 18.6 Å². The number of pyridine rings is 1. The molecule has 4 aliphatic rings. The number of nitrogens with one attached hydrogen (secondary N) is 3. The van der Waals surface area contributed by atoms with Gasteiger partial charge in [0.15, 0.2) is 11.4 Å². The average Bonchev–Trinajstić information content (AvgIpc) is 3.87. The summed E-state index contributed by atoms with van der Waals surface area (Å²) in [6, 6.07) is 10.6. The summed E-state index contributed by atoms with van der Waals surface area (Å²) in [5.74, 6) is -0.702. The number of nitrogens with zero attached hydrogens (tertiary/aromatic N) is 8. The number of anilines is 4. The van der Waals surface area contributed by atoms with Gasteiger partial charge in [-0.25, -0.2) is 23.5 Å². The highest BCUT2D eigenvalue weighted by atomic mass is 19.4. The Labute approximate surface area is 335 Å². The molecule has 1 saturated carbocycles. The number of piperazine rings is 1. The molecule has 3 N–H and O–H groups in total. The van der Waals surface area contributed by atoms with E-state index < -0.39 is 30.7 Å². The zero-order valence-corrected chi connectivity index (χ0v) is 32.0. The first-order valence-electron chi connectivity index (χ1n) is 19.7. The van der Waals surface area contributed by atoms with Crippen molar-refractivity contribution in [3.63, 3.8) is 0 Å². The highest BCUT2D eigenvalue weighted by molar-refractivity contribution is 6.05. The van der Waals surface area contributed by atoms with Crippen LogP contribution in [-0.2, 0) is 4.79 Å². The van der Waals surface area contributed by atoms with Gasteiger partial charge in [-0.1, -0.05) is 0 Å². The fourth-order valence-corrected chi connectivity index (χ4v) is 8.22. The predicted octanol–water partition coefficient (Wildman–Crippen LogP) is 5.78. The molecule has 0 unspecified atom stereocenters. The number of imide groups is 1. The Kier molecular flexibility index (Phi) is 11.5. The lowest BCUT2D eigenvalue weighted by Crippen LogP contribution is -2.63. The smallest absolute Gasteiger partial charge is 0.405 e. The molecule has 3 aromatic heterocycles. The van der Waals surface area contributed by atoms with Crippen LogP contribution in [0.4, 0.5) is 49.6 Å². The fraction of sp³-hybridized carbons (Fsp3) is 0.487. The molecule has 4 amide bonds. The molecular weight excluding hydrogens is 781 g/mol. The third-order valence-corrected chi connectivity index (χ3v) is 11.5. The van der Waals surface area contributed by atoms with E-state index in [0.717, 1.165) is 89.1 Å². The standard InChI is InChI=1S/C39H44F5N11O4/c40-35(41)34-30(47-36(57)31-22-59-37(48-31)25-9-11-45-32(17-25)46-23-39(42,43)44)21-55(50-34)28-3-1-24(2-4-28)18-51-13-15-52(16-14-51)29-19-53(20-29)26-5-7-27(8-6-26)54-12-10-33(56)49-38(54)58/h5-9,11,17,21-22,24,28-29,35H,1-4,10,12-16,18-20,23H2,(H,45,46)(H,47,57)(H,49,56,58). The second-order valence-electron chi connectivity index (χ2n) is 15.4. The summed E-state index contributed by atoms with van der Waals surface area (Å²) in [5, 5.41) is 11.2. The lowest BCUT2D eigenvalue weighted by molar-refractivity contribution is -0.120. The minimum atomic E-state index is -4.45. The Morgan fingerprint density at radius 1 is 0.949 bits per heavy atom. The van der Waals surface area contributed by atoms with Crippen LogP contribution >= 0.6 is 0 Å². The van der Waals surface area contributed by atoms with Crippen molar-refractivity contribution < 1.29 is 40.8 Å². The fourth-order valence-electron chi connectivity index (χ4n) is 8.22. The van der Waals surface area contributed by atoms with Crippen molar-refractivity contribution >= 4 is 40.7 Å². The Hall–Kier alpha value is -5.63. The van der Waals surface area contributed by atoms with Gasteiger partial charge in [0.05, 0.1) is 11.7 Å². The SMILES string of the molecule is O=C1CCN(c2ccc(N3CC(N4CCN(CC5CCC(n6cc(NC(=O)c7coc(-c8ccnc(NCC(F)(F)F)c8)n7)c(C(F)F)n6)CC5)CC4)C3)cc2)C(=O)N1. The zero-order chi connectivity index (χ0) is 41.3. The van der Waals surface area contributed by atoms with Gasteiger partial charge < -0.3 is 24.9 Å². The van der Waals surface area contributed by atoms with Crippen LogP contribution in [0.5, 0.6) is 0 Å². The lowest BCUT2D eigenvalue weighted by atomic mass is 9.85. The van der Waals surface area contributed by atoms with Crippen molar-refractivity contribution in [2.75, 3.05) is 79.3 Å². The molecular formula is C39H44F5N11O4. The maximum absolute atomic E-state index is 14.1. The van der Waals surface area contributed by atoms with Gasteiger partial charge in [0, 0.05) is 94.2 Å². The lowest BCUT2D eigenvalue weighted by Gasteiger charge is -2.49. The van der Waals surface area contributed by atoms with Gasteiger partial charge in [0.2, 0.25) is 11.8 Å². The molecule has 6 heterocycles. The number of benzene rings is 1. The van der Waals surface area contributed by atoms with E-state index in [1.165, 1.54) is 29.2 Å². The Morgan fingerprint density at radius 3 is 2.37 bits per heavy atom. The van der Waals surface area contributed by atoms with Gasteiger partial charge >= 0.3 is 12.2 Å². The van der Waals surface area contributed by atoms with Crippen molar-refractivity contribution in [1.82, 2.24) is 34.9 Å². The van der Waals surface area contributed by atoms with E-state index in [9.17, 15) is 36.3 Å². The van der Waals surface area contributed by atoms with Crippen LogP contribution < -0.4 is 25.8 Å². The van der Waals surface area contributed by atoms with E-state index >= 15 is 0 Å². The van der Waals surface area contributed by atoms with Gasteiger partial charge in [-0.15, -0.1) is 0 Å². The van der Waals surface area contributed by atoms with Crippen molar-refractivity contribution in [1.29, 1.82) is 0 Å². The number of oxazole rings is 1. The van der Waals surface area contributed by atoms with Crippen molar-refractivity contribution in [3.8, 4) is 11.5 Å². The van der Waals surface area contributed by atoms with Gasteiger partial charge in [-0.2, -0.15) is 18.3 Å². The number of rotatable bonds is 12. The maximum Gasteiger partial charge on any atom is 0.405 e. The number of alkyl halides is 5. The van der Waals surface area contributed by atoms with E-state index in [4.69, 9.17) is 4.42 Å². The van der Waals surface area contributed by atoms with Crippen LogP contribution in [0.3, 0.4) is 0 Å². The highest BCUT2D eigenvalue weighted by Gasteiger charge is 2.35. The molecule has 3 saturated heterocycles. The second kappa shape index (κ2) is 16.9. The van der Waals surface area contributed by atoms with E-state index in [-0.39, 0.29) is 53.1 Å². The van der Waals surface area contributed by atoms with E-state index in [1.54, 1.807) is 4.90 Å². The molecule has 0 spiro atoms. The van der Waals surface area contributed by atoms with E-state index in [0.29, 0.717) is 18.5 Å². The van der Waals surface area contributed by atoms with Crippen LogP contribution in [-0.4, -0.2) is 119 Å². The van der Waals surface area contributed by atoms with Crippen molar-refractivity contribution in [2.45, 2.75) is 56.8 Å². The minimum Gasteiger partial charge on any atom is -0.444 e. The van der Waals surface area contributed by atoms with Gasteiger partial charge in [-0.3, -0.25) is 29.4 Å². The summed E-state index contributed by atoms with van der Waals surface area (Å²) in [7, 11) is 0. The predicted molar refractivity (Wildman–Crippen MR) is 206 cm³/mol. The number of halogens is 5. The largest absolute Gasteiger partial charge is 0.444 e. The molecule has 3 aliphatic heterocycles. The van der Waals surface area contributed by atoms with Gasteiger partial charge in [0.25, 0.3) is 12.3 Å². The zero-order valence-electron chi connectivity index (χ0n) is 32.0. The Morgan fingerprint density at radius 2 is 1.68 bits per heavy atom. The molecule has 1 aliphatic carbocycles. The maximum atomic E-state index is 14.1. The number of carbonyl (C=O) groups excluding carboxylic acids is 3. The molecule has 15 nitrogen and oxygen atoms in total. The molecule has 8 rings (SSSR count). The molecule has 4 fully saturated rings. The summed E-state index contributed by atoms with van der Waals surface area (Å²) in [4.78, 5) is 53.7. The normalized spacial score (nSPS) is 21.1. The van der Waals surface area contributed by atoms with Crippen LogP contribution in [0.15, 0.2) is 59.5 Å². The third-order valence-electron chi connectivity index (χ3n) is 11.5. The number of aromatic nitrogens is 4. The molecule has 59 heavy (non-hydrogen) atoms. The summed E-state index contributed by atoms with van der Waals surface area (Å²) in [5.41, 5.74) is 1.25. The minimum absolute atomic E-state index is 0.0610. The molecule has 0 atom stereocenters. The van der Waals surface area contributed by atoms with Crippen LogP contribution in [0.25, 0.3) is 11.5 Å². The van der Waals surface area contributed by atoms with E-state index in [2.05, 4.69) is 45.7 Å². The number of amides is 4. The van der Waals surface area contributed by atoms with Crippen LogP contribution in [0.2, 0.25) is 0 Å². The molecule has 1 aromatic carbocycles. The summed E-state index contributed by atoms with van der Waals surface area (Å²) in [6.07, 6.45) is 0.0297. The van der Waals surface area contributed by atoms with Crippen LogP contribution in [0, 0.1) is 5.92 Å². The molecule has 314 valence electrons. The average molecular weight is 826 g/mol. The summed E-state index contributed by atoms with van der Waals surface area (Å²) in [6.45, 7) is 5.93. The first-order chi connectivity index (χ1) is 28.3. The topological polar surface area (TPSA) is 157 Å². The molecule has 0 bridgehead atoms. The Balaban J connectivity index is 0.775. The van der Waals surface area contributed by atoms with Crippen molar-refractivity contribution in [3.05, 3.63) is 66.4 Å². The summed E-state index contributed by atoms with van der Waals surface area (Å²) >= 11 is 0. The highest BCUT2D eigenvalue weighted by Crippen LogP contribution is 2.36. The number of carbonyl (C=O) groups is 3. The molecule has 4 aromatic rings. The second-order valence-corrected chi connectivity index (χ2v) is 15.4. The monoisotopic (exact) mass is 825 g/mol. The first-order valence-corrected chi connectivity index (χ1v) is 19.7. The third kappa shape index (κ3) is 9.48. The number of urea groups is 1. The molecule has 20 heteroatoms. The number of hydrogen-bond donors (Lipinski definition) is 3. The molecule has 0 radical (unpaired) electrons.